The van der Waals surface area contributed by atoms with Crippen LogP contribution in [-0.4, -0.2) is 11.9 Å². The van der Waals surface area contributed by atoms with Gasteiger partial charge >= 0.3 is 0 Å². The Hall–Kier alpha value is -1.38. The first-order valence-electron chi connectivity index (χ1n) is 5.15. The monoisotopic (exact) mass is 207 g/mol. The minimum absolute atomic E-state index is 0.167. The molecule has 1 fully saturated rings. The molecule has 1 aliphatic carbocycles. The SMILES string of the molecule is Cc1cc(C(=O)NC2CC2)cc(F)c1C. The van der Waals surface area contributed by atoms with E-state index < -0.39 is 0 Å². The molecule has 0 spiro atoms. The van der Waals surface area contributed by atoms with Crippen LogP contribution in [0.3, 0.4) is 0 Å². The number of aryl methyl sites for hydroxylation is 1. The summed E-state index contributed by atoms with van der Waals surface area (Å²) in [5.74, 6) is -0.476. The van der Waals surface area contributed by atoms with Crippen LogP contribution in [0.1, 0.15) is 34.3 Å². The number of hydrogen-bond donors (Lipinski definition) is 1. The van der Waals surface area contributed by atoms with Gasteiger partial charge in [0.2, 0.25) is 0 Å². The van der Waals surface area contributed by atoms with Crippen molar-refractivity contribution in [3.05, 3.63) is 34.6 Å². The van der Waals surface area contributed by atoms with Gasteiger partial charge in [-0.25, -0.2) is 4.39 Å². The van der Waals surface area contributed by atoms with E-state index in [4.69, 9.17) is 0 Å². The summed E-state index contributed by atoms with van der Waals surface area (Å²) in [7, 11) is 0. The van der Waals surface area contributed by atoms with Crippen LogP contribution in [0.2, 0.25) is 0 Å². The highest BCUT2D eigenvalue weighted by Gasteiger charge is 2.24. The lowest BCUT2D eigenvalue weighted by molar-refractivity contribution is 0.0950. The second-order valence-corrected chi connectivity index (χ2v) is 4.15. The summed E-state index contributed by atoms with van der Waals surface area (Å²) < 4.78 is 13.4. The molecule has 15 heavy (non-hydrogen) atoms. The summed E-state index contributed by atoms with van der Waals surface area (Å²) in [5.41, 5.74) is 1.84. The second kappa shape index (κ2) is 3.65. The normalized spacial score (nSPS) is 15.1. The summed E-state index contributed by atoms with van der Waals surface area (Å²) in [5, 5.41) is 2.84. The maximum absolute atomic E-state index is 13.4. The fraction of sp³-hybridized carbons (Fsp3) is 0.417. The predicted molar refractivity (Wildman–Crippen MR) is 56.4 cm³/mol. The Morgan fingerprint density at radius 3 is 2.60 bits per heavy atom. The van der Waals surface area contributed by atoms with Crippen molar-refractivity contribution >= 4 is 5.91 Å². The molecule has 80 valence electrons. The zero-order chi connectivity index (χ0) is 11.0. The number of halogens is 1. The molecule has 1 saturated carbocycles. The minimum Gasteiger partial charge on any atom is -0.349 e. The third-order valence-electron chi connectivity index (χ3n) is 2.78. The second-order valence-electron chi connectivity index (χ2n) is 4.15. The molecule has 1 aliphatic rings. The van der Waals surface area contributed by atoms with Gasteiger partial charge in [0.1, 0.15) is 5.82 Å². The average molecular weight is 207 g/mol. The van der Waals surface area contributed by atoms with Crippen molar-refractivity contribution in [3.63, 3.8) is 0 Å². The first kappa shape index (κ1) is 10.1. The van der Waals surface area contributed by atoms with E-state index >= 15 is 0 Å². The number of carbonyl (C=O) groups is 1. The fourth-order valence-corrected chi connectivity index (χ4v) is 1.44. The van der Waals surface area contributed by atoms with E-state index in [1.807, 2.05) is 6.92 Å². The molecule has 0 radical (unpaired) electrons. The largest absolute Gasteiger partial charge is 0.349 e. The van der Waals surface area contributed by atoms with Crippen LogP contribution in [0.4, 0.5) is 4.39 Å². The van der Waals surface area contributed by atoms with E-state index in [1.165, 1.54) is 6.07 Å². The standard InChI is InChI=1S/C12H14FNO/c1-7-5-9(6-11(13)8(7)2)12(15)14-10-3-4-10/h5-6,10H,3-4H2,1-2H3,(H,14,15). The first-order valence-corrected chi connectivity index (χ1v) is 5.15. The zero-order valence-electron chi connectivity index (χ0n) is 8.93. The van der Waals surface area contributed by atoms with E-state index in [-0.39, 0.29) is 11.7 Å². The van der Waals surface area contributed by atoms with Gasteiger partial charge in [-0.3, -0.25) is 4.79 Å². The van der Waals surface area contributed by atoms with Crippen molar-refractivity contribution in [1.82, 2.24) is 5.32 Å². The van der Waals surface area contributed by atoms with E-state index in [2.05, 4.69) is 5.32 Å². The smallest absolute Gasteiger partial charge is 0.251 e. The molecule has 2 nitrogen and oxygen atoms in total. The zero-order valence-corrected chi connectivity index (χ0v) is 8.93. The topological polar surface area (TPSA) is 29.1 Å². The molecule has 0 atom stereocenters. The quantitative estimate of drug-likeness (QED) is 0.792. The molecule has 0 unspecified atom stereocenters. The van der Waals surface area contributed by atoms with Crippen LogP contribution in [0.25, 0.3) is 0 Å². The van der Waals surface area contributed by atoms with Gasteiger partial charge in [-0.2, -0.15) is 0 Å². The van der Waals surface area contributed by atoms with Crippen LogP contribution >= 0.6 is 0 Å². The van der Waals surface area contributed by atoms with Gasteiger partial charge < -0.3 is 5.32 Å². The molecule has 0 aliphatic heterocycles. The van der Waals surface area contributed by atoms with Crippen molar-refractivity contribution in [1.29, 1.82) is 0 Å². The van der Waals surface area contributed by atoms with Gasteiger partial charge in [0.25, 0.3) is 5.91 Å². The molecule has 3 heteroatoms. The lowest BCUT2D eigenvalue weighted by atomic mass is 10.1. The third kappa shape index (κ3) is 2.17. The van der Waals surface area contributed by atoms with Gasteiger partial charge in [-0.05, 0) is 49.9 Å². The van der Waals surface area contributed by atoms with Gasteiger partial charge in [-0.15, -0.1) is 0 Å². The number of benzene rings is 1. The van der Waals surface area contributed by atoms with Crippen molar-refractivity contribution < 1.29 is 9.18 Å². The van der Waals surface area contributed by atoms with E-state index in [0.717, 1.165) is 18.4 Å². The minimum atomic E-state index is -0.309. The molecule has 1 N–H and O–H groups in total. The lowest BCUT2D eigenvalue weighted by Gasteiger charge is -2.07. The van der Waals surface area contributed by atoms with Crippen molar-refractivity contribution in [2.75, 3.05) is 0 Å². The lowest BCUT2D eigenvalue weighted by Crippen LogP contribution is -2.25. The molecule has 2 rings (SSSR count). The molecular formula is C12H14FNO. The molecule has 0 bridgehead atoms. The van der Waals surface area contributed by atoms with Gasteiger partial charge in [0.05, 0.1) is 0 Å². The van der Waals surface area contributed by atoms with Gasteiger partial charge in [0, 0.05) is 11.6 Å². The first-order chi connectivity index (χ1) is 7.08. The number of amides is 1. The van der Waals surface area contributed by atoms with Crippen LogP contribution in [0, 0.1) is 19.7 Å². The Bertz CT molecular complexity index is 387. The summed E-state index contributed by atoms with van der Waals surface area (Å²) in [4.78, 5) is 11.6. The van der Waals surface area contributed by atoms with Crippen molar-refractivity contribution in [3.8, 4) is 0 Å². The summed E-state index contributed by atoms with van der Waals surface area (Å²) >= 11 is 0. The molecule has 1 aromatic carbocycles. The third-order valence-corrected chi connectivity index (χ3v) is 2.78. The number of carbonyl (C=O) groups excluding carboxylic acids is 1. The van der Waals surface area contributed by atoms with Crippen LogP contribution in [0.15, 0.2) is 12.1 Å². The van der Waals surface area contributed by atoms with E-state index in [9.17, 15) is 9.18 Å². The molecule has 1 aromatic rings. The van der Waals surface area contributed by atoms with Crippen LogP contribution < -0.4 is 5.32 Å². The number of rotatable bonds is 2. The Morgan fingerprint density at radius 1 is 1.40 bits per heavy atom. The Balaban J connectivity index is 2.23. The fourth-order valence-electron chi connectivity index (χ4n) is 1.44. The highest BCUT2D eigenvalue weighted by molar-refractivity contribution is 5.94. The summed E-state index contributed by atoms with van der Waals surface area (Å²) in [6.45, 7) is 3.53. The molecule has 0 aromatic heterocycles. The van der Waals surface area contributed by atoms with Crippen molar-refractivity contribution in [2.24, 2.45) is 0 Å². The molecule has 1 amide bonds. The van der Waals surface area contributed by atoms with Crippen LogP contribution in [0.5, 0.6) is 0 Å². The average Bonchev–Trinajstić information content (AvgIpc) is 2.97. The number of nitrogens with one attached hydrogen (secondary N) is 1. The Labute approximate surface area is 88.5 Å². The Kier molecular flexibility index (Phi) is 2.47. The maximum atomic E-state index is 13.4. The summed E-state index contributed by atoms with van der Waals surface area (Å²) in [6, 6.07) is 3.35. The number of hydrogen-bond acceptors (Lipinski definition) is 1. The maximum Gasteiger partial charge on any atom is 0.251 e. The summed E-state index contributed by atoms with van der Waals surface area (Å²) in [6.07, 6.45) is 2.08. The highest BCUT2D eigenvalue weighted by atomic mass is 19.1. The van der Waals surface area contributed by atoms with Crippen molar-refractivity contribution in [2.45, 2.75) is 32.7 Å². The molecular weight excluding hydrogens is 193 g/mol. The Morgan fingerprint density at radius 2 is 2.07 bits per heavy atom. The van der Waals surface area contributed by atoms with E-state index in [0.29, 0.717) is 17.2 Å². The molecule has 0 saturated heterocycles. The van der Waals surface area contributed by atoms with Gasteiger partial charge in [0.15, 0.2) is 0 Å². The van der Waals surface area contributed by atoms with Gasteiger partial charge in [-0.1, -0.05) is 0 Å². The molecule has 0 heterocycles. The highest BCUT2D eigenvalue weighted by Crippen LogP contribution is 2.20. The van der Waals surface area contributed by atoms with E-state index in [1.54, 1.807) is 13.0 Å². The van der Waals surface area contributed by atoms with Crippen LogP contribution in [-0.2, 0) is 0 Å². The predicted octanol–water partition coefficient (Wildman–Crippen LogP) is 2.33.